The number of aryl methyl sites for hydroxylation is 2. The van der Waals surface area contributed by atoms with Crippen LogP contribution < -0.4 is 5.32 Å². The summed E-state index contributed by atoms with van der Waals surface area (Å²) in [7, 11) is 0. The Kier molecular flexibility index (Phi) is 2.95. The van der Waals surface area contributed by atoms with E-state index < -0.39 is 0 Å². The van der Waals surface area contributed by atoms with E-state index in [1.807, 2.05) is 26.0 Å². The van der Waals surface area contributed by atoms with E-state index in [0.29, 0.717) is 5.56 Å². The number of H-pyrrole nitrogens is 1. The minimum absolute atomic E-state index is 0.148. The van der Waals surface area contributed by atoms with E-state index in [9.17, 15) is 4.79 Å². The molecule has 2 N–H and O–H groups in total. The first-order valence-corrected chi connectivity index (χ1v) is 6.32. The summed E-state index contributed by atoms with van der Waals surface area (Å²) in [6.45, 7) is 3.77. The van der Waals surface area contributed by atoms with Crippen molar-refractivity contribution < 1.29 is 4.79 Å². The van der Waals surface area contributed by atoms with Gasteiger partial charge in [0.15, 0.2) is 0 Å². The first-order valence-electron chi connectivity index (χ1n) is 6.32. The van der Waals surface area contributed by atoms with Gasteiger partial charge in [0.1, 0.15) is 5.82 Å². The molecule has 0 bridgehead atoms. The molecule has 0 aliphatic heterocycles. The maximum atomic E-state index is 12.2. The Hall–Kier alpha value is -2.69. The van der Waals surface area contributed by atoms with Crippen molar-refractivity contribution in [2.75, 3.05) is 5.32 Å². The van der Waals surface area contributed by atoms with Gasteiger partial charge in [-0.25, -0.2) is 4.98 Å². The van der Waals surface area contributed by atoms with E-state index in [0.717, 1.165) is 28.2 Å². The monoisotopic (exact) mass is 266 g/mol. The van der Waals surface area contributed by atoms with Gasteiger partial charge in [-0.1, -0.05) is 0 Å². The lowest BCUT2D eigenvalue weighted by molar-refractivity contribution is 0.102. The minimum atomic E-state index is -0.148. The molecule has 0 aliphatic rings. The molecule has 0 spiro atoms. The van der Waals surface area contributed by atoms with Gasteiger partial charge in [-0.15, -0.1) is 0 Å². The first kappa shape index (κ1) is 12.3. The molecule has 3 rings (SSSR count). The van der Waals surface area contributed by atoms with Gasteiger partial charge in [0, 0.05) is 23.1 Å². The van der Waals surface area contributed by atoms with E-state index in [-0.39, 0.29) is 5.91 Å². The van der Waals surface area contributed by atoms with Crippen LogP contribution in [0.1, 0.15) is 21.9 Å². The summed E-state index contributed by atoms with van der Waals surface area (Å²) in [5, 5.41) is 2.86. The van der Waals surface area contributed by atoms with Crippen LogP contribution in [0.4, 0.5) is 5.69 Å². The number of benzene rings is 1. The molecule has 0 saturated heterocycles. The summed E-state index contributed by atoms with van der Waals surface area (Å²) in [5.74, 6) is 0.687. The molecule has 20 heavy (non-hydrogen) atoms. The van der Waals surface area contributed by atoms with Gasteiger partial charge < -0.3 is 10.3 Å². The standard InChI is InChI=1S/C15H14N4O/c1-9-7-12(5-6-16-9)19-15(20)11-3-4-13-14(8-11)18-10(2)17-13/h3-8H,1-2H3,(H,17,18)(H,16,19,20). The molecule has 0 unspecified atom stereocenters. The zero-order valence-electron chi connectivity index (χ0n) is 11.3. The van der Waals surface area contributed by atoms with Gasteiger partial charge in [0.2, 0.25) is 0 Å². The summed E-state index contributed by atoms with van der Waals surface area (Å²) in [4.78, 5) is 23.7. The van der Waals surface area contributed by atoms with Gasteiger partial charge in [-0.3, -0.25) is 9.78 Å². The van der Waals surface area contributed by atoms with Gasteiger partial charge in [-0.05, 0) is 44.2 Å². The molecule has 1 aromatic carbocycles. The predicted molar refractivity (Wildman–Crippen MR) is 77.8 cm³/mol. The fourth-order valence-corrected chi connectivity index (χ4v) is 2.10. The van der Waals surface area contributed by atoms with Crippen molar-refractivity contribution in [3.63, 3.8) is 0 Å². The fourth-order valence-electron chi connectivity index (χ4n) is 2.10. The molecule has 0 radical (unpaired) electrons. The Balaban J connectivity index is 1.88. The van der Waals surface area contributed by atoms with Crippen LogP contribution in [0.5, 0.6) is 0 Å². The van der Waals surface area contributed by atoms with Crippen LogP contribution >= 0.6 is 0 Å². The van der Waals surface area contributed by atoms with Gasteiger partial charge >= 0.3 is 0 Å². The number of hydrogen-bond donors (Lipinski definition) is 2. The molecule has 2 aromatic heterocycles. The van der Waals surface area contributed by atoms with Crippen molar-refractivity contribution in [3.8, 4) is 0 Å². The lowest BCUT2D eigenvalue weighted by Gasteiger charge is -2.05. The lowest BCUT2D eigenvalue weighted by atomic mass is 10.2. The number of pyridine rings is 1. The Morgan fingerprint density at radius 3 is 2.85 bits per heavy atom. The van der Waals surface area contributed by atoms with Crippen LogP contribution in [0.25, 0.3) is 11.0 Å². The van der Waals surface area contributed by atoms with Gasteiger partial charge in [-0.2, -0.15) is 0 Å². The second-order valence-corrected chi connectivity index (χ2v) is 4.69. The highest BCUT2D eigenvalue weighted by Gasteiger charge is 2.08. The van der Waals surface area contributed by atoms with Gasteiger partial charge in [0.05, 0.1) is 11.0 Å². The topological polar surface area (TPSA) is 70.7 Å². The maximum Gasteiger partial charge on any atom is 0.255 e. The number of amides is 1. The Morgan fingerprint density at radius 2 is 2.05 bits per heavy atom. The highest BCUT2D eigenvalue weighted by Crippen LogP contribution is 2.15. The number of aromatic amines is 1. The molecule has 2 heterocycles. The first-order chi connectivity index (χ1) is 9.61. The Bertz CT molecular complexity index is 791. The third-order valence-corrected chi connectivity index (χ3v) is 3.02. The normalized spacial score (nSPS) is 10.7. The Labute approximate surface area is 116 Å². The van der Waals surface area contributed by atoms with Crippen molar-refractivity contribution in [2.24, 2.45) is 0 Å². The highest BCUT2D eigenvalue weighted by molar-refractivity contribution is 6.05. The molecule has 0 saturated carbocycles. The molecular formula is C15H14N4O. The average molecular weight is 266 g/mol. The number of nitrogens with zero attached hydrogens (tertiary/aromatic N) is 2. The van der Waals surface area contributed by atoms with Crippen molar-refractivity contribution in [1.82, 2.24) is 15.0 Å². The molecule has 100 valence electrons. The third-order valence-electron chi connectivity index (χ3n) is 3.02. The number of nitrogens with one attached hydrogen (secondary N) is 2. The SMILES string of the molecule is Cc1cc(NC(=O)c2ccc3nc(C)[nH]c3c2)ccn1. The molecule has 0 aliphatic carbocycles. The lowest BCUT2D eigenvalue weighted by Crippen LogP contribution is -2.11. The van der Waals surface area contributed by atoms with Crippen LogP contribution in [0.2, 0.25) is 0 Å². The largest absolute Gasteiger partial charge is 0.342 e. The molecule has 0 atom stereocenters. The fraction of sp³-hybridized carbons (Fsp3) is 0.133. The number of carbonyl (C=O) groups is 1. The Morgan fingerprint density at radius 1 is 1.20 bits per heavy atom. The summed E-state index contributed by atoms with van der Waals surface area (Å²) < 4.78 is 0. The van der Waals surface area contributed by atoms with Crippen molar-refractivity contribution >= 4 is 22.6 Å². The van der Waals surface area contributed by atoms with Crippen LogP contribution in [0, 0.1) is 13.8 Å². The smallest absolute Gasteiger partial charge is 0.255 e. The van der Waals surface area contributed by atoms with E-state index in [4.69, 9.17) is 0 Å². The van der Waals surface area contributed by atoms with Crippen molar-refractivity contribution in [1.29, 1.82) is 0 Å². The number of carbonyl (C=O) groups excluding carboxylic acids is 1. The summed E-state index contributed by atoms with van der Waals surface area (Å²) in [6, 6.07) is 9.01. The molecule has 5 nitrogen and oxygen atoms in total. The van der Waals surface area contributed by atoms with E-state index in [1.54, 1.807) is 24.4 Å². The summed E-state index contributed by atoms with van der Waals surface area (Å²) in [5.41, 5.74) is 3.92. The van der Waals surface area contributed by atoms with E-state index in [2.05, 4.69) is 20.3 Å². The van der Waals surface area contributed by atoms with Crippen LogP contribution in [0.3, 0.4) is 0 Å². The summed E-state index contributed by atoms with van der Waals surface area (Å²) in [6.07, 6.45) is 1.67. The maximum absolute atomic E-state index is 12.2. The quantitative estimate of drug-likeness (QED) is 0.749. The zero-order valence-corrected chi connectivity index (χ0v) is 11.3. The van der Waals surface area contributed by atoms with Crippen LogP contribution in [0.15, 0.2) is 36.5 Å². The van der Waals surface area contributed by atoms with Crippen LogP contribution in [-0.2, 0) is 0 Å². The molecule has 1 amide bonds. The average Bonchev–Trinajstić information content (AvgIpc) is 2.77. The highest BCUT2D eigenvalue weighted by atomic mass is 16.1. The molecule has 5 heteroatoms. The van der Waals surface area contributed by atoms with E-state index in [1.165, 1.54) is 0 Å². The van der Waals surface area contributed by atoms with Crippen LogP contribution in [-0.4, -0.2) is 20.9 Å². The minimum Gasteiger partial charge on any atom is -0.342 e. The molecule has 0 fully saturated rings. The molecule has 3 aromatic rings. The van der Waals surface area contributed by atoms with Gasteiger partial charge in [0.25, 0.3) is 5.91 Å². The zero-order chi connectivity index (χ0) is 14.1. The molecular weight excluding hydrogens is 252 g/mol. The number of rotatable bonds is 2. The number of anilines is 1. The number of hydrogen-bond acceptors (Lipinski definition) is 3. The number of fused-ring (bicyclic) bond motifs is 1. The number of imidazole rings is 1. The predicted octanol–water partition coefficient (Wildman–Crippen LogP) is 2.83. The number of aromatic nitrogens is 3. The van der Waals surface area contributed by atoms with E-state index >= 15 is 0 Å². The van der Waals surface area contributed by atoms with Crippen molar-refractivity contribution in [3.05, 3.63) is 53.6 Å². The van der Waals surface area contributed by atoms with Crippen molar-refractivity contribution in [2.45, 2.75) is 13.8 Å². The third kappa shape index (κ3) is 2.38. The second kappa shape index (κ2) is 4.77. The second-order valence-electron chi connectivity index (χ2n) is 4.69. The summed E-state index contributed by atoms with van der Waals surface area (Å²) >= 11 is 0.